The Hall–Kier alpha value is -3.33. The van der Waals surface area contributed by atoms with E-state index in [-0.39, 0.29) is 17.7 Å². The van der Waals surface area contributed by atoms with E-state index in [0.29, 0.717) is 15.6 Å². The van der Waals surface area contributed by atoms with Crippen LogP contribution >= 0.6 is 11.8 Å². The molecule has 2 aromatic rings. The average Bonchev–Trinajstić information content (AvgIpc) is 3.04. The summed E-state index contributed by atoms with van der Waals surface area (Å²) in [6.07, 6.45) is 2.29. The Balaban J connectivity index is 2.05. The monoisotopic (exact) mass is 441 g/mol. The van der Waals surface area contributed by atoms with Crippen LogP contribution in [0.25, 0.3) is 6.08 Å². The number of methoxy groups -OCH3 is 1. The average molecular weight is 442 g/mol. The number of aliphatic imine (C=N–C) groups is 1. The van der Waals surface area contributed by atoms with Gasteiger partial charge in [0.25, 0.3) is 5.91 Å². The molecule has 1 amide bonds. The number of phenolic OH excluding ortho intramolecular Hbond substituents is 1. The second kappa shape index (κ2) is 9.22. The van der Waals surface area contributed by atoms with Crippen molar-refractivity contribution in [3.05, 3.63) is 62.5 Å². The van der Waals surface area contributed by atoms with Crippen molar-refractivity contribution in [2.24, 2.45) is 4.99 Å². The summed E-state index contributed by atoms with van der Waals surface area (Å²) in [6.45, 7) is 5.92. The number of rotatable bonds is 6. The number of nitro benzene ring substituents is 1. The molecule has 0 spiro atoms. The number of hydrogen-bond acceptors (Lipinski definition) is 7. The van der Waals surface area contributed by atoms with Gasteiger partial charge in [-0.25, -0.2) is 4.99 Å². The zero-order valence-corrected chi connectivity index (χ0v) is 18.5. The summed E-state index contributed by atoms with van der Waals surface area (Å²) in [5.74, 6) is -0.813. The van der Waals surface area contributed by atoms with Crippen LogP contribution < -0.4 is 4.74 Å². The van der Waals surface area contributed by atoms with Crippen molar-refractivity contribution >= 4 is 40.3 Å². The number of phenols is 1. The minimum absolute atomic E-state index is 0.0381. The summed E-state index contributed by atoms with van der Waals surface area (Å²) in [4.78, 5) is 30.4. The van der Waals surface area contributed by atoms with E-state index in [1.165, 1.54) is 31.0 Å². The number of carbonyl (C=O) groups excluding carboxylic acids is 1. The van der Waals surface area contributed by atoms with Crippen molar-refractivity contribution in [2.45, 2.75) is 33.2 Å². The number of amides is 1. The molecule has 1 atom stereocenters. The van der Waals surface area contributed by atoms with Crippen LogP contribution in [-0.2, 0) is 4.79 Å². The lowest BCUT2D eigenvalue weighted by molar-refractivity contribution is -0.386. The van der Waals surface area contributed by atoms with E-state index in [1.807, 2.05) is 45.0 Å². The van der Waals surface area contributed by atoms with E-state index in [1.54, 1.807) is 11.0 Å². The number of thioether (sulfide) groups is 1. The zero-order valence-electron chi connectivity index (χ0n) is 17.7. The van der Waals surface area contributed by atoms with Crippen LogP contribution in [0.2, 0.25) is 0 Å². The number of amidine groups is 1. The van der Waals surface area contributed by atoms with Crippen LogP contribution in [0.5, 0.6) is 11.5 Å². The lowest BCUT2D eigenvalue weighted by Crippen LogP contribution is -2.36. The maximum atomic E-state index is 13.1. The summed E-state index contributed by atoms with van der Waals surface area (Å²) >= 11 is 1.21. The Morgan fingerprint density at radius 1 is 1.32 bits per heavy atom. The third-order valence-electron chi connectivity index (χ3n) is 4.92. The van der Waals surface area contributed by atoms with Gasteiger partial charge in [-0.2, -0.15) is 0 Å². The molecule has 3 rings (SSSR count). The lowest BCUT2D eigenvalue weighted by Gasteiger charge is -2.22. The molecule has 162 valence electrons. The van der Waals surface area contributed by atoms with Crippen molar-refractivity contribution in [3.8, 4) is 11.5 Å². The van der Waals surface area contributed by atoms with E-state index in [9.17, 15) is 20.0 Å². The molecule has 1 N–H and O–H groups in total. The van der Waals surface area contributed by atoms with Crippen LogP contribution in [0.4, 0.5) is 11.4 Å². The summed E-state index contributed by atoms with van der Waals surface area (Å²) in [5, 5.41) is 21.8. The smallest absolute Gasteiger partial charge is 0.315 e. The van der Waals surface area contributed by atoms with Gasteiger partial charge in [0, 0.05) is 12.1 Å². The lowest BCUT2D eigenvalue weighted by atomic mass is 10.1. The molecular formula is C22H23N3O5S. The van der Waals surface area contributed by atoms with Gasteiger partial charge in [-0.05, 0) is 61.9 Å². The molecule has 1 saturated heterocycles. The molecule has 31 heavy (non-hydrogen) atoms. The number of ether oxygens (including phenoxy) is 1. The molecule has 0 aromatic heterocycles. The predicted molar refractivity (Wildman–Crippen MR) is 122 cm³/mol. The summed E-state index contributed by atoms with van der Waals surface area (Å²) in [6, 6.07) is 10.3. The topological polar surface area (TPSA) is 105 Å². The van der Waals surface area contributed by atoms with Gasteiger partial charge in [-0.3, -0.25) is 19.8 Å². The fourth-order valence-electron chi connectivity index (χ4n) is 3.01. The van der Waals surface area contributed by atoms with Crippen LogP contribution in [-0.4, -0.2) is 39.2 Å². The van der Waals surface area contributed by atoms with Gasteiger partial charge < -0.3 is 9.84 Å². The summed E-state index contributed by atoms with van der Waals surface area (Å²) in [7, 11) is 1.31. The van der Waals surface area contributed by atoms with E-state index in [4.69, 9.17) is 4.74 Å². The van der Waals surface area contributed by atoms with E-state index < -0.39 is 16.4 Å². The highest BCUT2D eigenvalue weighted by molar-refractivity contribution is 8.18. The Morgan fingerprint density at radius 2 is 2.00 bits per heavy atom. The number of nitro groups is 1. The molecule has 0 radical (unpaired) electrons. The number of aryl methyl sites for hydroxylation is 1. The molecule has 0 aliphatic carbocycles. The van der Waals surface area contributed by atoms with Gasteiger partial charge in [-0.15, -0.1) is 0 Å². The van der Waals surface area contributed by atoms with Crippen molar-refractivity contribution in [1.29, 1.82) is 0 Å². The van der Waals surface area contributed by atoms with E-state index in [0.717, 1.165) is 17.7 Å². The summed E-state index contributed by atoms with van der Waals surface area (Å²) < 4.78 is 5.04. The molecule has 1 fully saturated rings. The van der Waals surface area contributed by atoms with Crippen LogP contribution in [0.15, 0.2) is 46.3 Å². The Morgan fingerprint density at radius 3 is 2.58 bits per heavy atom. The number of nitrogens with zero attached hydrogens (tertiary/aromatic N) is 3. The fraction of sp³-hybridized carbons (Fsp3) is 0.273. The molecule has 8 nitrogen and oxygen atoms in total. The molecule has 2 aromatic carbocycles. The SMILES string of the molecule is CC[C@@H](C)N1C(=O)/C(=C\c2cc(OC)c(O)c([N+](=O)[O-])c2)SC1=Nc1ccc(C)cc1. The Labute approximate surface area is 184 Å². The largest absolute Gasteiger partial charge is 0.500 e. The molecule has 0 unspecified atom stereocenters. The van der Waals surface area contributed by atoms with Gasteiger partial charge in [0.05, 0.1) is 22.6 Å². The quantitative estimate of drug-likeness (QED) is 0.383. The molecule has 0 bridgehead atoms. The predicted octanol–water partition coefficient (Wildman–Crippen LogP) is 5.02. The maximum Gasteiger partial charge on any atom is 0.315 e. The third-order valence-corrected chi connectivity index (χ3v) is 5.90. The normalized spacial score (nSPS) is 17.4. The first-order chi connectivity index (χ1) is 14.7. The molecular weight excluding hydrogens is 418 g/mol. The van der Waals surface area contributed by atoms with Gasteiger partial charge in [0.15, 0.2) is 10.9 Å². The standard InChI is InChI=1S/C22H23N3O5S/c1-5-14(3)24-21(27)19(31-22(24)23-16-8-6-13(2)7-9-16)12-15-10-17(25(28)29)20(26)18(11-15)30-4/h6-12,14,26H,5H2,1-4H3/b19-12+,23-22?/t14-/m1/s1. The minimum atomic E-state index is -0.695. The fourth-order valence-corrected chi connectivity index (χ4v) is 4.10. The highest BCUT2D eigenvalue weighted by Gasteiger charge is 2.36. The molecule has 1 aliphatic heterocycles. The van der Waals surface area contributed by atoms with Gasteiger partial charge in [0.1, 0.15) is 0 Å². The maximum absolute atomic E-state index is 13.1. The first kappa shape index (κ1) is 22.4. The second-order valence-electron chi connectivity index (χ2n) is 7.12. The number of hydrogen-bond donors (Lipinski definition) is 1. The van der Waals surface area contributed by atoms with Crippen LogP contribution in [0, 0.1) is 17.0 Å². The molecule has 9 heteroatoms. The first-order valence-corrected chi connectivity index (χ1v) is 10.5. The Bertz CT molecular complexity index is 1080. The summed E-state index contributed by atoms with van der Waals surface area (Å²) in [5.41, 5.74) is 1.73. The molecule has 0 saturated carbocycles. The Kier molecular flexibility index (Phi) is 6.65. The highest BCUT2D eigenvalue weighted by Crippen LogP contribution is 2.40. The third kappa shape index (κ3) is 4.72. The van der Waals surface area contributed by atoms with Crippen molar-refractivity contribution < 1.29 is 19.6 Å². The van der Waals surface area contributed by atoms with E-state index in [2.05, 4.69) is 4.99 Å². The minimum Gasteiger partial charge on any atom is -0.500 e. The number of benzene rings is 2. The highest BCUT2D eigenvalue weighted by atomic mass is 32.2. The molecule has 1 aliphatic rings. The number of aromatic hydroxyl groups is 1. The molecule has 1 heterocycles. The van der Waals surface area contributed by atoms with Crippen LogP contribution in [0.3, 0.4) is 0 Å². The van der Waals surface area contributed by atoms with E-state index >= 15 is 0 Å². The van der Waals surface area contributed by atoms with Crippen molar-refractivity contribution in [2.75, 3.05) is 7.11 Å². The second-order valence-corrected chi connectivity index (χ2v) is 8.13. The van der Waals surface area contributed by atoms with Crippen molar-refractivity contribution in [3.63, 3.8) is 0 Å². The van der Waals surface area contributed by atoms with Crippen LogP contribution in [0.1, 0.15) is 31.4 Å². The van der Waals surface area contributed by atoms with Gasteiger partial charge >= 0.3 is 5.69 Å². The number of carbonyl (C=O) groups is 1. The zero-order chi connectivity index (χ0) is 22.7. The van der Waals surface area contributed by atoms with Crippen molar-refractivity contribution in [1.82, 2.24) is 4.90 Å². The first-order valence-electron chi connectivity index (χ1n) is 9.69. The van der Waals surface area contributed by atoms with Gasteiger partial charge in [0.2, 0.25) is 5.75 Å². The van der Waals surface area contributed by atoms with Gasteiger partial charge in [-0.1, -0.05) is 24.6 Å².